The van der Waals surface area contributed by atoms with Gasteiger partial charge in [0, 0.05) is 6.54 Å². The van der Waals surface area contributed by atoms with Gasteiger partial charge in [-0.15, -0.1) is 0 Å². The predicted molar refractivity (Wildman–Crippen MR) is 156 cm³/mol. The molecule has 0 saturated heterocycles. The SMILES string of the molecule is N[C@@H](Cc1ccc(O)cc1)C(=O)NCc1ccc(Nc2cc(C(F)(F)F)ccc2Nc2ccccc2C(=O)O)c(C(=O)O)c1. The summed E-state index contributed by atoms with van der Waals surface area (Å²) in [5.41, 5.74) is 5.61. The van der Waals surface area contributed by atoms with Crippen molar-refractivity contribution in [2.24, 2.45) is 5.73 Å². The summed E-state index contributed by atoms with van der Waals surface area (Å²) in [5.74, 6) is -3.07. The first kappa shape index (κ1) is 31.4. The number of phenolic OH excluding ortho intramolecular Hbond substituents is 1. The van der Waals surface area contributed by atoms with Crippen LogP contribution in [0.15, 0.2) is 84.9 Å². The van der Waals surface area contributed by atoms with Crippen LogP contribution in [0.25, 0.3) is 0 Å². The first-order chi connectivity index (χ1) is 20.8. The Balaban J connectivity index is 1.57. The van der Waals surface area contributed by atoms with Crippen molar-refractivity contribution in [2.45, 2.75) is 25.2 Å². The van der Waals surface area contributed by atoms with Crippen LogP contribution in [0, 0.1) is 0 Å². The highest BCUT2D eigenvalue weighted by Crippen LogP contribution is 2.37. The zero-order valence-corrected chi connectivity index (χ0v) is 22.9. The summed E-state index contributed by atoms with van der Waals surface area (Å²) in [6, 6.07) is 17.9. The lowest BCUT2D eigenvalue weighted by molar-refractivity contribution is -0.137. The molecule has 0 aromatic heterocycles. The standard InChI is InChI=1S/C31H27F3N4O6/c32-31(33,34)19-8-12-26(37-24-4-2-1-3-21(24)29(41)42)27(15-19)38-25-11-7-18(13-22(25)30(43)44)16-36-28(40)23(35)14-17-5-9-20(39)10-6-17/h1-13,15,23,37-39H,14,16,35H2,(H,36,40)(H,41,42)(H,43,44)/t23-/m0/s1. The Morgan fingerprint density at radius 1 is 0.727 bits per heavy atom. The number of carbonyl (C=O) groups excluding carboxylic acids is 1. The third-order valence-electron chi connectivity index (χ3n) is 6.55. The minimum absolute atomic E-state index is 0.0505. The maximum atomic E-state index is 13.6. The molecule has 0 unspecified atom stereocenters. The third-order valence-corrected chi connectivity index (χ3v) is 6.55. The van der Waals surface area contributed by atoms with Crippen molar-refractivity contribution in [1.29, 1.82) is 0 Å². The van der Waals surface area contributed by atoms with E-state index in [0.717, 1.165) is 23.8 Å². The first-order valence-electron chi connectivity index (χ1n) is 13.1. The Hall–Kier alpha value is -5.56. The molecule has 44 heavy (non-hydrogen) atoms. The average molecular weight is 609 g/mol. The summed E-state index contributed by atoms with van der Waals surface area (Å²) in [6.45, 7) is -0.0784. The lowest BCUT2D eigenvalue weighted by Crippen LogP contribution is -2.41. The van der Waals surface area contributed by atoms with E-state index in [1.54, 1.807) is 18.2 Å². The largest absolute Gasteiger partial charge is 0.508 e. The number of nitrogens with one attached hydrogen (secondary N) is 3. The van der Waals surface area contributed by atoms with Crippen molar-refractivity contribution in [3.05, 3.63) is 113 Å². The molecular formula is C31H27F3N4O6. The number of rotatable bonds is 11. The van der Waals surface area contributed by atoms with E-state index in [9.17, 15) is 42.9 Å². The minimum Gasteiger partial charge on any atom is -0.508 e. The molecule has 0 fully saturated rings. The highest BCUT2D eigenvalue weighted by Gasteiger charge is 2.31. The van der Waals surface area contributed by atoms with E-state index < -0.39 is 35.6 Å². The van der Waals surface area contributed by atoms with Crippen molar-refractivity contribution >= 4 is 40.6 Å². The molecule has 1 atom stereocenters. The number of nitrogens with two attached hydrogens (primary N) is 1. The van der Waals surface area contributed by atoms with Gasteiger partial charge >= 0.3 is 18.1 Å². The van der Waals surface area contributed by atoms with Crippen LogP contribution in [0.2, 0.25) is 0 Å². The van der Waals surface area contributed by atoms with Crippen molar-refractivity contribution in [2.75, 3.05) is 10.6 Å². The molecule has 0 bridgehead atoms. The molecular weight excluding hydrogens is 581 g/mol. The lowest BCUT2D eigenvalue weighted by Gasteiger charge is -2.19. The van der Waals surface area contributed by atoms with E-state index in [2.05, 4.69) is 16.0 Å². The molecule has 4 aromatic carbocycles. The van der Waals surface area contributed by atoms with E-state index in [-0.39, 0.29) is 52.6 Å². The van der Waals surface area contributed by atoms with Gasteiger partial charge in [-0.3, -0.25) is 4.79 Å². The van der Waals surface area contributed by atoms with Gasteiger partial charge in [-0.05, 0) is 72.1 Å². The van der Waals surface area contributed by atoms with Crippen molar-refractivity contribution in [3.63, 3.8) is 0 Å². The monoisotopic (exact) mass is 608 g/mol. The van der Waals surface area contributed by atoms with Crippen molar-refractivity contribution < 1.29 is 42.9 Å². The predicted octanol–water partition coefficient (Wildman–Crippen LogP) is 5.48. The number of phenols is 1. The maximum absolute atomic E-state index is 13.6. The summed E-state index contributed by atoms with van der Waals surface area (Å²) in [4.78, 5) is 36.3. The summed E-state index contributed by atoms with van der Waals surface area (Å²) in [6.07, 6.45) is -4.52. The molecule has 8 N–H and O–H groups in total. The molecule has 0 aliphatic rings. The Labute approximate surface area is 249 Å². The quantitative estimate of drug-likeness (QED) is 0.116. The summed E-state index contributed by atoms with van der Waals surface area (Å²) >= 11 is 0. The Bertz CT molecular complexity index is 1690. The van der Waals surface area contributed by atoms with Crippen molar-refractivity contribution in [3.8, 4) is 5.75 Å². The number of benzene rings is 4. The number of anilines is 4. The Kier molecular flexibility index (Phi) is 9.39. The van der Waals surface area contributed by atoms with Crippen LogP contribution in [0.5, 0.6) is 5.75 Å². The maximum Gasteiger partial charge on any atom is 0.416 e. The van der Waals surface area contributed by atoms with Gasteiger partial charge in [-0.2, -0.15) is 13.2 Å². The van der Waals surface area contributed by atoms with Gasteiger partial charge < -0.3 is 37.0 Å². The molecule has 1 amide bonds. The number of halogens is 3. The minimum atomic E-state index is -4.71. The Morgan fingerprint density at radius 3 is 1.98 bits per heavy atom. The number of hydrogen-bond donors (Lipinski definition) is 7. The molecule has 10 nitrogen and oxygen atoms in total. The molecule has 0 aliphatic carbocycles. The van der Waals surface area contributed by atoms with Gasteiger partial charge in [0.25, 0.3) is 0 Å². The highest BCUT2D eigenvalue weighted by molar-refractivity contribution is 5.98. The van der Waals surface area contributed by atoms with Gasteiger partial charge in [0.2, 0.25) is 5.91 Å². The molecule has 4 rings (SSSR count). The number of para-hydroxylation sites is 1. The molecule has 0 heterocycles. The highest BCUT2D eigenvalue weighted by atomic mass is 19.4. The molecule has 0 spiro atoms. The number of aromatic hydroxyl groups is 1. The number of aromatic carboxylic acids is 2. The molecule has 4 aromatic rings. The van der Waals surface area contributed by atoms with E-state index >= 15 is 0 Å². The van der Waals surface area contributed by atoms with Gasteiger partial charge in [-0.25, -0.2) is 9.59 Å². The van der Waals surface area contributed by atoms with E-state index in [0.29, 0.717) is 5.56 Å². The summed E-state index contributed by atoms with van der Waals surface area (Å²) in [5, 5.41) is 36.9. The van der Waals surface area contributed by atoms with E-state index in [1.807, 2.05) is 0 Å². The fourth-order valence-electron chi connectivity index (χ4n) is 4.29. The number of carbonyl (C=O) groups is 3. The zero-order chi connectivity index (χ0) is 32.0. The van der Waals surface area contributed by atoms with E-state index in [1.165, 1.54) is 48.5 Å². The number of carboxylic acid groups (broad SMARTS) is 2. The van der Waals surface area contributed by atoms with Crippen LogP contribution in [-0.2, 0) is 23.9 Å². The lowest BCUT2D eigenvalue weighted by atomic mass is 10.0. The van der Waals surface area contributed by atoms with Crippen LogP contribution in [-0.4, -0.2) is 39.2 Å². The number of hydrogen-bond acceptors (Lipinski definition) is 7. The van der Waals surface area contributed by atoms with Crippen LogP contribution in [0.1, 0.15) is 37.4 Å². The van der Waals surface area contributed by atoms with Crippen LogP contribution < -0.4 is 21.7 Å². The molecule has 0 saturated carbocycles. The smallest absolute Gasteiger partial charge is 0.416 e. The topological polar surface area (TPSA) is 174 Å². The Morgan fingerprint density at radius 2 is 1.32 bits per heavy atom. The molecule has 0 radical (unpaired) electrons. The molecule has 0 aliphatic heterocycles. The van der Waals surface area contributed by atoms with Crippen LogP contribution in [0.4, 0.5) is 35.9 Å². The zero-order valence-electron chi connectivity index (χ0n) is 22.9. The summed E-state index contributed by atoms with van der Waals surface area (Å²) < 4.78 is 40.7. The molecule has 228 valence electrons. The van der Waals surface area contributed by atoms with E-state index in [4.69, 9.17) is 5.73 Å². The van der Waals surface area contributed by atoms with Gasteiger partial charge in [0.1, 0.15) is 5.75 Å². The number of carboxylic acids is 2. The van der Waals surface area contributed by atoms with Gasteiger partial charge in [-0.1, -0.05) is 30.3 Å². The third kappa shape index (κ3) is 7.83. The second kappa shape index (κ2) is 13.2. The van der Waals surface area contributed by atoms with Gasteiger partial charge in [0.05, 0.1) is 45.5 Å². The molecule has 13 heteroatoms. The summed E-state index contributed by atoms with van der Waals surface area (Å²) in [7, 11) is 0. The van der Waals surface area contributed by atoms with Gasteiger partial charge in [0.15, 0.2) is 0 Å². The second-order valence-corrected chi connectivity index (χ2v) is 9.74. The number of alkyl halides is 3. The average Bonchev–Trinajstić information content (AvgIpc) is 2.97. The second-order valence-electron chi connectivity index (χ2n) is 9.74. The van der Waals surface area contributed by atoms with Crippen molar-refractivity contribution in [1.82, 2.24) is 5.32 Å². The fourth-order valence-corrected chi connectivity index (χ4v) is 4.29. The fraction of sp³-hybridized carbons (Fsp3) is 0.129. The number of amides is 1. The normalized spacial score (nSPS) is 11.8. The van der Waals surface area contributed by atoms with Crippen LogP contribution >= 0.6 is 0 Å². The first-order valence-corrected chi connectivity index (χ1v) is 13.1. The van der Waals surface area contributed by atoms with Crippen LogP contribution in [0.3, 0.4) is 0 Å².